The predicted octanol–water partition coefficient (Wildman–Crippen LogP) is 7.71. The Kier molecular flexibility index (Phi) is 7.35. The summed E-state index contributed by atoms with van der Waals surface area (Å²) in [6.45, 7) is 8.89. The summed E-state index contributed by atoms with van der Waals surface area (Å²) in [5, 5.41) is 8.92. The Bertz CT molecular complexity index is 2640. The Hall–Kier alpha value is -5.82. The van der Waals surface area contributed by atoms with Crippen molar-refractivity contribution in [3.05, 3.63) is 109 Å². The molecule has 0 atom stereocenters. The van der Waals surface area contributed by atoms with Crippen LogP contribution in [-0.2, 0) is 0 Å². The molecular formula is C34H26ClF2N7O4. The highest BCUT2D eigenvalue weighted by molar-refractivity contribution is 6.35. The highest BCUT2D eigenvalue weighted by Crippen LogP contribution is 2.41. The molecule has 4 N–H and O–H groups in total. The minimum Gasteiger partial charge on any atom is -0.361 e. The maximum Gasteiger partial charge on any atom is 0.323 e. The highest BCUT2D eigenvalue weighted by atomic mass is 35.5. The van der Waals surface area contributed by atoms with E-state index in [1.54, 1.807) is 40.0 Å². The van der Waals surface area contributed by atoms with Gasteiger partial charge in [-0.05, 0) is 70.0 Å². The summed E-state index contributed by atoms with van der Waals surface area (Å²) in [6, 6.07) is 11.0. The lowest BCUT2D eigenvalue weighted by molar-refractivity contribution is 0.393. The first kappa shape index (κ1) is 30.8. The van der Waals surface area contributed by atoms with Gasteiger partial charge < -0.3 is 29.0 Å². The molecule has 0 unspecified atom stereocenters. The van der Waals surface area contributed by atoms with E-state index in [4.69, 9.17) is 20.6 Å². The number of aromatic nitrogens is 7. The molecule has 3 aromatic carbocycles. The molecule has 48 heavy (non-hydrogen) atoms. The first-order valence-corrected chi connectivity index (χ1v) is 15.1. The molecule has 0 aliphatic carbocycles. The van der Waals surface area contributed by atoms with Crippen LogP contribution in [0.5, 0.6) is 0 Å². The molecule has 0 fully saturated rings. The molecule has 14 heteroatoms. The molecule has 0 amide bonds. The van der Waals surface area contributed by atoms with Gasteiger partial charge in [0.05, 0.1) is 44.1 Å². The molecule has 5 heterocycles. The van der Waals surface area contributed by atoms with Gasteiger partial charge in [0.15, 0.2) is 11.6 Å². The molecule has 0 saturated heterocycles. The van der Waals surface area contributed by atoms with Gasteiger partial charge in [-0.2, -0.15) is 0 Å². The van der Waals surface area contributed by atoms with Crippen molar-refractivity contribution in [2.75, 3.05) is 0 Å². The minimum absolute atomic E-state index is 0.0486. The average molecular weight is 670 g/mol. The molecule has 0 spiro atoms. The Morgan fingerprint density at radius 2 is 1.21 bits per heavy atom. The topological polar surface area (TPSA) is 162 Å². The fraction of sp³-hybridized carbons (Fsp3) is 0.147. The number of hydrogen-bond acceptors (Lipinski definition) is 7. The van der Waals surface area contributed by atoms with E-state index in [-0.39, 0.29) is 27.1 Å². The Morgan fingerprint density at radius 3 is 1.79 bits per heavy atom. The highest BCUT2D eigenvalue weighted by Gasteiger charge is 2.24. The van der Waals surface area contributed by atoms with E-state index in [2.05, 4.69) is 35.2 Å². The van der Waals surface area contributed by atoms with E-state index in [1.165, 1.54) is 6.07 Å². The zero-order valence-corrected chi connectivity index (χ0v) is 26.9. The van der Waals surface area contributed by atoms with Crippen LogP contribution in [0.25, 0.3) is 66.4 Å². The largest absolute Gasteiger partial charge is 0.361 e. The molecule has 0 aliphatic rings. The number of hydrogen-bond donors (Lipinski definition) is 4. The van der Waals surface area contributed by atoms with Gasteiger partial charge in [-0.25, -0.2) is 18.4 Å². The van der Waals surface area contributed by atoms with Crippen LogP contribution in [0, 0.1) is 46.3 Å². The van der Waals surface area contributed by atoms with Gasteiger partial charge in [-0.1, -0.05) is 34.0 Å². The van der Waals surface area contributed by atoms with E-state index >= 15 is 4.39 Å². The third kappa shape index (κ3) is 4.90. The molecular weight excluding hydrogens is 644 g/mol. The van der Waals surface area contributed by atoms with Crippen molar-refractivity contribution in [3.8, 4) is 33.4 Å². The van der Waals surface area contributed by atoms with E-state index < -0.39 is 23.0 Å². The van der Waals surface area contributed by atoms with E-state index in [0.29, 0.717) is 50.7 Å². The zero-order chi connectivity index (χ0) is 34.0. The molecule has 0 saturated carbocycles. The molecule has 8 rings (SSSR count). The first-order chi connectivity index (χ1) is 22.9. The van der Waals surface area contributed by atoms with Crippen LogP contribution in [0.2, 0.25) is 5.02 Å². The van der Waals surface area contributed by atoms with Crippen LogP contribution in [0.15, 0.2) is 61.2 Å². The summed E-state index contributed by atoms with van der Waals surface area (Å²) in [4.78, 5) is 38.0. The summed E-state index contributed by atoms with van der Waals surface area (Å²) in [5.74, 6) is -0.0785. The van der Waals surface area contributed by atoms with Crippen LogP contribution >= 0.6 is 11.6 Å². The molecule has 0 radical (unpaired) electrons. The van der Waals surface area contributed by atoms with Crippen molar-refractivity contribution in [2.45, 2.75) is 34.6 Å². The second-order valence-electron chi connectivity index (χ2n) is 11.4. The molecule has 242 valence electrons. The Balaban J connectivity index is 0.000000166. The lowest BCUT2D eigenvalue weighted by atomic mass is 9.91. The van der Waals surface area contributed by atoms with Crippen LogP contribution in [0.3, 0.4) is 0 Å². The summed E-state index contributed by atoms with van der Waals surface area (Å²) < 4.78 is 40.2. The number of aromatic amines is 4. The standard InChI is InChI=1S/C22H17FN4O2.C12H9ClFN3O2/c1-10-6-7-16-13(5-4-8-24-16)17(10)15-9-14(18-11(2)27-29-12(18)3)19(23)21-20(15)25-22(28)26-21;1-4-8(5(2)19-17-4)6-3-7(13)10-11(9(6)14)16-12(18)15-10/h4-9H,1-3H3,(H2,25,26,28);3H,1-2H3,(H2,15,16,18). The lowest BCUT2D eigenvalue weighted by Crippen LogP contribution is -1.99. The number of fused-ring (bicyclic) bond motifs is 3. The molecule has 8 aromatic rings. The van der Waals surface area contributed by atoms with Gasteiger partial charge in [0, 0.05) is 28.3 Å². The summed E-state index contributed by atoms with van der Waals surface area (Å²) in [5.41, 5.74) is 6.15. The van der Waals surface area contributed by atoms with Crippen LogP contribution in [0.1, 0.15) is 28.5 Å². The molecule has 5 aromatic heterocycles. The number of aryl methyl sites for hydroxylation is 5. The second kappa shape index (κ2) is 11.5. The monoisotopic (exact) mass is 669 g/mol. The number of benzene rings is 3. The first-order valence-electron chi connectivity index (χ1n) is 14.7. The molecule has 0 aliphatic heterocycles. The average Bonchev–Trinajstić information content (AvgIpc) is 3.82. The Morgan fingerprint density at radius 1 is 0.667 bits per heavy atom. The summed E-state index contributed by atoms with van der Waals surface area (Å²) in [7, 11) is 0. The number of H-pyrrole nitrogens is 4. The number of nitrogens with zero attached hydrogens (tertiary/aromatic N) is 3. The third-order valence-electron chi connectivity index (χ3n) is 8.30. The van der Waals surface area contributed by atoms with Crippen molar-refractivity contribution in [2.24, 2.45) is 0 Å². The summed E-state index contributed by atoms with van der Waals surface area (Å²) >= 11 is 6.06. The SMILES string of the molecule is Cc1ccc2ncccc2c1-c1cc(-c2c(C)noc2C)c(F)c2[nH]c(=O)[nH]c12.Cc1noc(C)c1-c1cc(Cl)c2[nH]c(=O)[nH]c2c1F. The minimum atomic E-state index is -0.563. The van der Waals surface area contributed by atoms with E-state index in [9.17, 15) is 14.0 Å². The van der Waals surface area contributed by atoms with Gasteiger partial charge in [-0.15, -0.1) is 0 Å². The number of halogens is 3. The quantitative estimate of drug-likeness (QED) is 0.150. The fourth-order valence-electron chi connectivity index (χ4n) is 6.20. The van der Waals surface area contributed by atoms with Crippen LogP contribution < -0.4 is 11.4 Å². The van der Waals surface area contributed by atoms with E-state index in [0.717, 1.165) is 22.0 Å². The van der Waals surface area contributed by atoms with Gasteiger partial charge in [0.1, 0.15) is 22.6 Å². The number of pyridine rings is 1. The van der Waals surface area contributed by atoms with Gasteiger partial charge in [0.25, 0.3) is 0 Å². The van der Waals surface area contributed by atoms with Gasteiger partial charge >= 0.3 is 11.4 Å². The van der Waals surface area contributed by atoms with Crippen LogP contribution in [0.4, 0.5) is 8.78 Å². The number of rotatable bonds is 3. The predicted molar refractivity (Wildman–Crippen MR) is 178 cm³/mol. The lowest BCUT2D eigenvalue weighted by Gasteiger charge is -2.14. The summed E-state index contributed by atoms with van der Waals surface area (Å²) in [6.07, 6.45) is 1.73. The van der Waals surface area contributed by atoms with Crippen LogP contribution in [-0.4, -0.2) is 35.2 Å². The normalized spacial score (nSPS) is 11.5. The van der Waals surface area contributed by atoms with Gasteiger partial charge in [-0.3, -0.25) is 4.98 Å². The number of imidazole rings is 2. The fourth-order valence-corrected chi connectivity index (χ4v) is 6.45. The maximum absolute atomic E-state index is 15.4. The Labute approximate surface area is 274 Å². The molecule has 11 nitrogen and oxygen atoms in total. The smallest absolute Gasteiger partial charge is 0.323 e. The third-order valence-corrected chi connectivity index (χ3v) is 8.60. The van der Waals surface area contributed by atoms with Crippen molar-refractivity contribution >= 4 is 44.6 Å². The van der Waals surface area contributed by atoms with Gasteiger partial charge in [0.2, 0.25) is 0 Å². The van der Waals surface area contributed by atoms with Crippen molar-refractivity contribution in [3.63, 3.8) is 0 Å². The maximum atomic E-state index is 15.4. The van der Waals surface area contributed by atoms with E-state index in [1.807, 2.05) is 31.2 Å². The number of nitrogens with one attached hydrogen (secondary N) is 4. The zero-order valence-electron chi connectivity index (χ0n) is 26.1. The van der Waals surface area contributed by atoms with Crippen molar-refractivity contribution in [1.82, 2.24) is 35.2 Å². The van der Waals surface area contributed by atoms with Crippen molar-refractivity contribution in [1.29, 1.82) is 0 Å². The second-order valence-corrected chi connectivity index (χ2v) is 11.8. The van der Waals surface area contributed by atoms with Crippen molar-refractivity contribution < 1.29 is 17.8 Å². The molecule has 0 bridgehead atoms.